The first-order valence-electron chi connectivity index (χ1n) is 9.53. The van der Waals surface area contributed by atoms with Crippen LogP contribution in [0, 0.1) is 0 Å². The predicted octanol–water partition coefficient (Wildman–Crippen LogP) is 5.81. The van der Waals surface area contributed by atoms with Crippen LogP contribution in [0.5, 0.6) is 5.75 Å². The minimum atomic E-state index is 0.183. The molecule has 148 valence electrons. The van der Waals surface area contributed by atoms with E-state index in [1.165, 1.54) is 4.90 Å². The van der Waals surface area contributed by atoms with Crippen molar-refractivity contribution in [1.82, 2.24) is 9.97 Å². The van der Waals surface area contributed by atoms with Crippen LogP contribution in [0.4, 0.5) is 0 Å². The third kappa shape index (κ3) is 4.34. The van der Waals surface area contributed by atoms with Crippen molar-refractivity contribution in [3.63, 3.8) is 0 Å². The van der Waals surface area contributed by atoms with Gasteiger partial charge in [0.25, 0.3) is 0 Å². The highest BCUT2D eigenvalue weighted by molar-refractivity contribution is 8.02. The van der Waals surface area contributed by atoms with Gasteiger partial charge in [0.05, 0.1) is 22.5 Å². The number of rotatable bonds is 8. The zero-order valence-corrected chi connectivity index (χ0v) is 17.8. The maximum Gasteiger partial charge on any atom is 0.144 e. The molecule has 0 amide bonds. The number of unbranched alkanes of at least 4 members (excludes halogenated alkanes) is 1. The smallest absolute Gasteiger partial charge is 0.144 e. The molecule has 4 nitrogen and oxygen atoms in total. The molecule has 0 saturated carbocycles. The van der Waals surface area contributed by atoms with Gasteiger partial charge in [-0.2, -0.15) is 0 Å². The van der Waals surface area contributed by atoms with Crippen molar-refractivity contribution >= 4 is 45.3 Å². The number of aliphatic hydroxyl groups is 1. The molecule has 4 rings (SSSR count). The van der Waals surface area contributed by atoms with Gasteiger partial charge in [-0.1, -0.05) is 42.1 Å². The number of hydrogen-bond donors (Lipinski definition) is 1. The van der Waals surface area contributed by atoms with Crippen molar-refractivity contribution < 1.29 is 9.84 Å². The van der Waals surface area contributed by atoms with Crippen molar-refractivity contribution in [3.05, 3.63) is 60.9 Å². The third-order valence-corrected chi connectivity index (χ3v) is 6.65. The minimum absolute atomic E-state index is 0.183. The normalized spacial score (nSPS) is 11.2. The van der Waals surface area contributed by atoms with E-state index in [-0.39, 0.29) is 6.61 Å². The second-order valence-electron chi connectivity index (χ2n) is 6.52. The van der Waals surface area contributed by atoms with Gasteiger partial charge in [-0.25, -0.2) is 0 Å². The third-order valence-electron chi connectivity index (χ3n) is 4.62. The molecule has 29 heavy (non-hydrogen) atoms. The molecule has 6 heteroatoms. The zero-order valence-electron chi connectivity index (χ0n) is 16.2. The Morgan fingerprint density at radius 1 is 0.862 bits per heavy atom. The Kier molecular flexibility index (Phi) is 6.54. The van der Waals surface area contributed by atoms with Crippen LogP contribution in [0.1, 0.15) is 12.8 Å². The average Bonchev–Trinajstić information content (AvgIpc) is 2.77. The molecular formula is C23H22N2O2S2. The Morgan fingerprint density at radius 3 is 2.24 bits per heavy atom. The van der Waals surface area contributed by atoms with Crippen LogP contribution in [0.15, 0.2) is 75.6 Å². The van der Waals surface area contributed by atoms with Gasteiger partial charge >= 0.3 is 0 Å². The van der Waals surface area contributed by atoms with Gasteiger partial charge < -0.3 is 9.84 Å². The number of pyridine rings is 2. The number of thioether (sulfide) groups is 1. The zero-order chi connectivity index (χ0) is 20.1. The van der Waals surface area contributed by atoms with Gasteiger partial charge in [-0.05, 0) is 37.3 Å². The first-order chi connectivity index (χ1) is 14.3. The molecule has 0 spiro atoms. The van der Waals surface area contributed by atoms with Crippen LogP contribution in [0.3, 0.4) is 0 Å². The molecule has 0 fully saturated rings. The fourth-order valence-corrected chi connectivity index (χ4v) is 5.02. The van der Waals surface area contributed by atoms with Crippen LogP contribution in [-0.4, -0.2) is 34.5 Å². The van der Waals surface area contributed by atoms with E-state index in [1.54, 1.807) is 23.5 Å². The minimum Gasteiger partial charge on any atom is -0.492 e. The summed E-state index contributed by atoms with van der Waals surface area (Å²) in [7, 11) is 0. The molecule has 0 saturated heterocycles. The summed E-state index contributed by atoms with van der Waals surface area (Å²) in [6, 6.07) is 16.2. The van der Waals surface area contributed by atoms with Gasteiger partial charge in [0.15, 0.2) is 0 Å². The lowest BCUT2D eigenvalue weighted by atomic mass is 10.2. The van der Waals surface area contributed by atoms with Gasteiger partial charge in [0.2, 0.25) is 0 Å². The van der Waals surface area contributed by atoms with Crippen LogP contribution in [0.2, 0.25) is 0 Å². The standard InChI is InChI=1S/C23H22N2O2S2/c1-28-21-15-25-19-11-5-3-9-17(19)23(21)29-20-14-24-18-10-4-2-8-16(18)22(20)27-13-7-6-12-26/h2-5,8-11,14-15,26H,6-7,12-13H2,1H3. The summed E-state index contributed by atoms with van der Waals surface area (Å²) < 4.78 is 6.22. The Labute approximate surface area is 178 Å². The highest BCUT2D eigenvalue weighted by atomic mass is 32.2. The first-order valence-corrected chi connectivity index (χ1v) is 11.6. The molecule has 0 bridgehead atoms. The van der Waals surface area contributed by atoms with Crippen LogP contribution < -0.4 is 4.74 Å². The van der Waals surface area contributed by atoms with Crippen molar-refractivity contribution in [3.8, 4) is 5.75 Å². The molecular weight excluding hydrogens is 400 g/mol. The SMILES string of the molecule is CSc1cnc2ccccc2c1Sc1cnc2ccccc2c1OCCCCO. The molecule has 0 atom stereocenters. The molecule has 4 aromatic rings. The van der Waals surface area contributed by atoms with E-state index in [4.69, 9.17) is 9.84 Å². The lowest BCUT2D eigenvalue weighted by Crippen LogP contribution is -2.01. The number of aromatic nitrogens is 2. The van der Waals surface area contributed by atoms with Crippen molar-refractivity contribution in [1.29, 1.82) is 0 Å². The second-order valence-corrected chi connectivity index (χ2v) is 8.42. The number of hydrogen-bond acceptors (Lipinski definition) is 6. The molecule has 0 radical (unpaired) electrons. The Morgan fingerprint density at radius 2 is 1.52 bits per heavy atom. The number of nitrogens with zero attached hydrogens (tertiary/aromatic N) is 2. The van der Waals surface area contributed by atoms with E-state index in [1.807, 2.05) is 54.9 Å². The maximum atomic E-state index is 9.07. The molecule has 0 aliphatic heterocycles. The van der Waals surface area contributed by atoms with Crippen molar-refractivity contribution in [2.45, 2.75) is 27.5 Å². The molecule has 0 unspecified atom stereocenters. The molecule has 2 heterocycles. The van der Waals surface area contributed by atoms with Gasteiger partial charge in [-0.15, -0.1) is 11.8 Å². The summed E-state index contributed by atoms with van der Waals surface area (Å²) in [5, 5.41) is 11.2. The van der Waals surface area contributed by atoms with E-state index in [0.29, 0.717) is 6.61 Å². The summed E-state index contributed by atoms with van der Waals surface area (Å²) in [4.78, 5) is 12.5. The number of aliphatic hydroxyl groups excluding tert-OH is 1. The van der Waals surface area contributed by atoms with E-state index in [2.05, 4.69) is 22.3 Å². The average molecular weight is 423 g/mol. The van der Waals surface area contributed by atoms with Gasteiger partial charge in [0.1, 0.15) is 5.75 Å². The van der Waals surface area contributed by atoms with E-state index in [0.717, 1.165) is 50.2 Å². The maximum absolute atomic E-state index is 9.07. The largest absolute Gasteiger partial charge is 0.492 e. The molecule has 0 aliphatic rings. The highest BCUT2D eigenvalue weighted by Crippen LogP contribution is 2.44. The molecule has 0 aliphatic carbocycles. The molecule has 2 aromatic carbocycles. The fourth-order valence-electron chi connectivity index (χ4n) is 3.17. The van der Waals surface area contributed by atoms with E-state index < -0.39 is 0 Å². The number of fused-ring (bicyclic) bond motifs is 2. The lowest BCUT2D eigenvalue weighted by Gasteiger charge is -2.16. The molecule has 2 aromatic heterocycles. The number of ether oxygens (including phenoxy) is 1. The Bertz CT molecular complexity index is 1130. The van der Waals surface area contributed by atoms with Crippen molar-refractivity contribution in [2.24, 2.45) is 0 Å². The predicted molar refractivity (Wildman–Crippen MR) is 121 cm³/mol. The summed E-state index contributed by atoms with van der Waals surface area (Å²) in [5.74, 6) is 0.853. The van der Waals surface area contributed by atoms with Gasteiger partial charge in [0, 0.05) is 39.6 Å². The van der Waals surface area contributed by atoms with Crippen molar-refractivity contribution in [2.75, 3.05) is 19.5 Å². The Balaban J connectivity index is 1.79. The second kappa shape index (κ2) is 9.48. The van der Waals surface area contributed by atoms with Crippen LogP contribution in [0.25, 0.3) is 21.8 Å². The van der Waals surface area contributed by atoms with Crippen LogP contribution in [-0.2, 0) is 0 Å². The topological polar surface area (TPSA) is 55.2 Å². The lowest BCUT2D eigenvalue weighted by molar-refractivity contribution is 0.252. The summed E-state index contributed by atoms with van der Waals surface area (Å²) in [6.07, 6.45) is 7.45. The van der Waals surface area contributed by atoms with Gasteiger partial charge in [-0.3, -0.25) is 9.97 Å². The number of benzene rings is 2. The first kappa shape index (κ1) is 20.0. The van der Waals surface area contributed by atoms with E-state index in [9.17, 15) is 0 Å². The monoisotopic (exact) mass is 422 g/mol. The summed E-state index contributed by atoms with van der Waals surface area (Å²) in [5.41, 5.74) is 1.89. The van der Waals surface area contributed by atoms with E-state index >= 15 is 0 Å². The fraction of sp³-hybridized carbons (Fsp3) is 0.217. The number of para-hydroxylation sites is 2. The highest BCUT2D eigenvalue weighted by Gasteiger charge is 2.16. The summed E-state index contributed by atoms with van der Waals surface area (Å²) >= 11 is 3.37. The molecule has 1 N–H and O–H groups in total. The van der Waals surface area contributed by atoms with Crippen LogP contribution >= 0.6 is 23.5 Å². The Hall–Kier alpha value is -2.28. The quantitative estimate of drug-likeness (QED) is 0.286. The summed E-state index contributed by atoms with van der Waals surface area (Å²) in [6.45, 7) is 0.747.